The molecule has 0 radical (unpaired) electrons. The van der Waals surface area contributed by atoms with Gasteiger partial charge in [-0.25, -0.2) is 0 Å². The molecule has 0 aliphatic heterocycles. The van der Waals surface area contributed by atoms with E-state index in [1.165, 1.54) is 19.3 Å². The molecule has 1 aliphatic carbocycles. The van der Waals surface area contributed by atoms with Gasteiger partial charge in [0.2, 0.25) is 0 Å². The van der Waals surface area contributed by atoms with Crippen LogP contribution in [0.1, 0.15) is 42.5 Å². The van der Waals surface area contributed by atoms with Gasteiger partial charge in [0.25, 0.3) is 5.91 Å². The van der Waals surface area contributed by atoms with Gasteiger partial charge in [0.15, 0.2) is 0 Å². The van der Waals surface area contributed by atoms with Crippen molar-refractivity contribution in [2.45, 2.75) is 32.1 Å². The summed E-state index contributed by atoms with van der Waals surface area (Å²) in [5.41, 5.74) is 0.744. The SMILES string of the molecule is COc1ccc(C(=O)NCC2(CCl)CCCCC2)cc1. The maximum atomic E-state index is 12.2. The number of nitrogens with one attached hydrogen (secondary N) is 1. The normalized spacial score (nSPS) is 17.5. The van der Waals surface area contributed by atoms with Crippen molar-refractivity contribution in [3.63, 3.8) is 0 Å². The van der Waals surface area contributed by atoms with Gasteiger partial charge in [0.1, 0.15) is 5.75 Å². The van der Waals surface area contributed by atoms with Gasteiger partial charge in [-0.2, -0.15) is 0 Å². The second-order valence-corrected chi connectivity index (χ2v) is 5.87. The molecule has 1 N–H and O–H groups in total. The molecule has 20 heavy (non-hydrogen) atoms. The smallest absolute Gasteiger partial charge is 0.251 e. The number of ether oxygens (including phenoxy) is 1. The molecule has 1 fully saturated rings. The molecule has 0 spiro atoms. The van der Waals surface area contributed by atoms with E-state index in [0.29, 0.717) is 18.0 Å². The molecule has 1 amide bonds. The average Bonchev–Trinajstić information content (AvgIpc) is 2.53. The van der Waals surface area contributed by atoms with Gasteiger partial charge >= 0.3 is 0 Å². The van der Waals surface area contributed by atoms with Crippen molar-refractivity contribution in [2.75, 3.05) is 19.5 Å². The van der Waals surface area contributed by atoms with Crippen LogP contribution in [0, 0.1) is 5.41 Å². The van der Waals surface area contributed by atoms with Gasteiger partial charge in [-0.15, -0.1) is 11.6 Å². The van der Waals surface area contributed by atoms with E-state index in [1.807, 2.05) is 0 Å². The molecule has 1 aromatic rings. The number of carbonyl (C=O) groups is 1. The van der Waals surface area contributed by atoms with E-state index in [9.17, 15) is 4.79 Å². The van der Waals surface area contributed by atoms with E-state index < -0.39 is 0 Å². The summed E-state index contributed by atoms with van der Waals surface area (Å²) in [5, 5.41) is 3.03. The summed E-state index contributed by atoms with van der Waals surface area (Å²) in [5.74, 6) is 1.34. The Morgan fingerprint density at radius 1 is 1.25 bits per heavy atom. The minimum Gasteiger partial charge on any atom is -0.497 e. The summed E-state index contributed by atoms with van der Waals surface area (Å²) in [6.45, 7) is 0.668. The molecule has 4 heteroatoms. The van der Waals surface area contributed by atoms with Gasteiger partial charge in [-0.3, -0.25) is 4.79 Å². The lowest BCUT2D eigenvalue weighted by molar-refractivity contribution is 0.0921. The Bertz CT molecular complexity index is 438. The van der Waals surface area contributed by atoms with Crippen LogP contribution in [0.5, 0.6) is 5.75 Å². The summed E-state index contributed by atoms with van der Waals surface area (Å²) in [4.78, 5) is 12.2. The Hall–Kier alpha value is -1.22. The van der Waals surface area contributed by atoms with Crippen LogP contribution in [-0.4, -0.2) is 25.4 Å². The number of hydrogen-bond acceptors (Lipinski definition) is 2. The van der Waals surface area contributed by atoms with E-state index in [4.69, 9.17) is 16.3 Å². The number of alkyl halides is 1. The number of halogens is 1. The van der Waals surface area contributed by atoms with Crippen molar-refractivity contribution in [2.24, 2.45) is 5.41 Å². The molecule has 3 nitrogen and oxygen atoms in total. The highest BCUT2D eigenvalue weighted by molar-refractivity contribution is 6.18. The van der Waals surface area contributed by atoms with Crippen molar-refractivity contribution in [1.29, 1.82) is 0 Å². The Kier molecular flexibility index (Phi) is 5.30. The van der Waals surface area contributed by atoms with Gasteiger partial charge in [-0.05, 0) is 37.1 Å². The zero-order valence-corrected chi connectivity index (χ0v) is 12.7. The lowest BCUT2D eigenvalue weighted by Gasteiger charge is -2.35. The quantitative estimate of drug-likeness (QED) is 0.843. The van der Waals surface area contributed by atoms with E-state index in [-0.39, 0.29) is 11.3 Å². The molecule has 0 saturated heterocycles. The van der Waals surface area contributed by atoms with Crippen LogP contribution in [0.4, 0.5) is 0 Å². The van der Waals surface area contributed by atoms with E-state index in [0.717, 1.165) is 18.6 Å². The van der Waals surface area contributed by atoms with Crippen LogP contribution in [0.2, 0.25) is 0 Å². The average molecular weight is 296 g/mol. The van der Waals surface area contributed by atoms with Crippen molar-refractivity contribution >= 4 is 17.5 Å². The number of carbonyl (C=O) groups excluding carboxylic acids is 1. The number of methoxy groups -OCH3 is 1. The van der Waals surface area contributed by atoms with Gasteiger partial charge < -0.3 is 10.1 Å². The molecule has 0 aromatic heterocycles. The Morgan fingerprint density at radius 2 is 1.90 bits per heavy atom. The molecular formula is C16H22ClNO2. The van der Waals surface area contributed by atoms with Crippen LogP contribution < -0.4 is 10.1 Å². The fourth-order valence-corrected chi connectivity index (χ4v) is 3.13. The van der Waals surface area contributed by atoms with Gasteiger partial charge in [-0.1, -0.05) is 19.3 Å². The van der Waals surface area contributed by atoms with Crippen molar-refractivity contribution < 1.29 is 9.53 Å². The van der Waals surface area contributed by atoms with Crippen LogP contribution in [-0.2, 0) is 0 Å². The monoisotopic (exact) mass is 295 g/mol. The molecule has 1 aliphatic rings. The summed E-state index contributed by atoms with van der Waals surface area (Å²) < 4.78 is 5.09. The largest absolute Gasteiger partial charge is 0.497 e. The Balaban J connectivity index is 1.93. The molecule has 2 rings (SSSR count). The maximum absolute atomic E-state index is 12.2. The molecule has 0 bridgehead atoms. The van der Waals surface area contributed by atoms with Crippen LogP contribution in [0.3, 0.4) is 0 Å². The number of hydrogen-bond donors (Lipinski definition) is 1. The molecule has 1 saturated carbocycles. The predicted molar refractivity (Wildman–Crippen MR) is 81.6 cm³/mol. The minimum absolute atomic E-state index is 0.0391. The van der Waals surface area contributed by atoms with Gasteiger partial charge in [0, 0.05) is 23.4 Å². The first-order valence-electron chi connectivity index (χ1n) is 7.17. The molecule has 0 atom stereocenters. The minimum atomic E-state index is -0.0391. The zero-order chi connectivity index (χ0) is 14.4. The van der Waals surface area contributed by atoms with E-state index >= 15 is 0 Å². The molecule has 0 unspecified atom stereocenters. The van der Waals surface area contributed by atoms with E-state index in [1.54, 1.807) is 31.4 Å². The summed E-state index contributed by atoms with van der Waals surface area (Å²) in [6.07, 6.45) is 5.93. The second-order valence-electron chi connectivity index (χ2n) is 5.61. The van der Waals surface area contributed by atoms with Crippen LogP contribution >= 0.6 is 11.6 Å². The summed E-state index contributed by atoms with van der Waals surface area (Å²) in [6, 6.07) is 7.16. The highest BCUT2D eigenvalue weighted by atomic mass is 35.5. The molecule has 0 heterocycles. The highest BCUT2D eigenvalue weighted by Crippen LogP contribution is 2.36. The molecule has 1 aromatic carbocycles. The van der Waals surface area contributed by atoms with E-state index in [2.05, 4.69) is 5.32 Å². The molecular weight excluding hydrogens is 274 g/mol. The maximum Gasteiger partial charge on any atom is 0.251 e. The molecule has 110 valence electrons. The van der Waals surface area contributed by atoms with Gasteiger partial charge in [0.05, 0.1) is 7.11 Å². The summed E-state index contributed by atoms with van der Waals surface area (Å²) in [7, 11) is 1.61. The number of benzene rings is 1. The van der Waals surface area contributed by atoms with Crippen LogP contribution in [0.25, 0.3) is 0 Å². The fraction of sp³-hybridized carbons (Fsp3) is 0.562. The first-order valence-corrected chi connectivity index (χ1v) is 7.71. The lowest BCUT2D eigenvalue weighted by atomic mass is 9.75. The summed E-state index contributed by atoms with van der Waals surface area (Å²) >= 11 is 6.14. The lowest BCUT2D eigenvalue weighted by Crippen LogP contribution is -2.40. The zero-order valence-electron chi connectivity index (χ0n) is 12.0. The predicted octanol–water partition coefficient (Wildman–Crippen LogP) is 3.61. The van der Waals surface area contributed by atoms with Crippen LogP contribution in [0.15, 0.2) is 24.3 Å². The topological polar surface area (TPSA) is 38.3 Å². The number of rotatable bonds is 5. The fourth-order valence-electron chi connectivity index (χ4n) is 2.77. The van der Waals surface area contributed by atoms with Crippen molar-refractivity contribution in [1.82, 2.24) is 5.32 Å². The third-order valence-electron chi connectivity index (χ3n) is 4.17. The van der Waals surface area contributed by atoms with Crippen molar-refractivity contribution in [3.05, 3.63) is 29.8 Å². The number of amides is 1. The Morgan fingerprint density at radius 3 is 2.45 bits per heavy atom. The Labute approximate surface area is 125 Å². The van der Waals surface area contributed by atoms with Crippen molar-refractivity contribution in [3.8, 4) is 5.75 Å². The standard InChI is InChI=1S/C16H22ClNO2/c1-20-14-7-5-13(6-8-14)15(19)18-12-16(11-17)9-3-2-4-10-16/h5-8H,2-4,9-12H2,1H3,(H,18,19). The third-order valence-corrected chi connectivity index (χ3v) is 4.74. The highest BCUT2D eigenvalue weighted by Gasteiger charge is 2.31. The first-order chi connectivity index (χ1) is 9.69. The second kappa shape index (κ2) is 6.98. The first kappa shape index (κ1) is 15.2. The third kappa shape index (κ3) is 3.66.